The fourth-order valence-electron chi connectivity index (χ4n) is 1.56. The molecule has 0 unspecified atom stereocenters. The SMILES string of the molecule is O=[As](O)(O)c1ccccc1N=Cc1ccccc1O. The molecule has 0 fully saturated rings. The summed E-state index contributed by atoms with van der Waals surface area (Å²) in [5, 5.41) is 9.58. The second kappa shape index (κ2) is 5.45. The van der Waals surface area contributed by atoms with Gasteiger partial charge in [-0.05, 0) is 0 Å². The van der Waals surface area contributed by atoms with Crippen LogP contribution in [0.3, 0.4) is 0 Å². The Balaban J connectivity index is 2.40. The zero-order chi connectivity index (χ0) is 13.9. The molecule has 3 N–H and O–H groups in total. The molecule has 0 aliphatic heterocycles. The molecule has 2 aromatic rings. The molecule has 2 aromatic carbocycles. The Bertz CT molecular complexity index is 663. The van der Waals surface area contributed by atoms with Gasteiger partial charge in [0, 0.05) is 0 Å². The summed E-state index contributed by atoms with van der Waals surface area (Å²) >= 11 is -5.00. The van der Waals surface area contributed by atoms with Crippen LogP contribution in [0, 0.1) is 0 Å². The van der Waals surface area contributed by atoms with Crippen LogP contribution in [0.2, 0.25) is 0 Å². The topological polar surface area (TPSA) is 90.1 Å². The summed E-state index contributed by atoms with van der Waals surface area (Å²) in [6, 6.07) is 12.7. The van der Waals surface area contributed by atoms with E-state index in [9.17, 15) is 17.0 Å². The number of benzene rings is 2. The fourth-order valence-corrected chi connectivity index (χ4v) is 3.05. The van der Waals surface area contributed by atoms with Crippen LogP contribution in [0.5, 0.6) is 5.75 Å². The summed E-state index contributed by atoms with van der Waals surface area (Å²) in [6.07, 6.45) is 1.37. The molecule has 0 radical (unpaired) electrons. The Kier molecular flexibility index (Phi) is 3.90. The van der Waals surface area contributed by atoms with Crippen LogP contribution in [-0.4, -0.2) is 33.7 Å². The van der Waals surface area contributed by atoms with E-state index >= 15 is 0 Å². The van der Waals surface area contributed by atoms with Crippen LogP contribution in [0.1, 0.15) is 5.56 Å². The van der Waals surface area contributed by atoms with Crippen LogP contribution in [-0.2, 0) is 3.74 Å². The maximum atomic E-state index is 11.4. The number of phenols is 1. The number of aromatic hydroxyl groups is 1. The third-order valence-corrected chi connectivity index (χ3v) is 4.59. The van der Waals surface area contributed by atoms with E-state index in [0.29, 0.717) is 5.56 Å². The molecule has 0 saturated heterocycles. The molecule has 0 saturated carbocycles. The minimum absolute atomic E-state index is 0.0604. The molecule has 0 aliphatic rings. The monoisotopic (exact) mass is 321 g/mol. The number of hydrogen-bond donors (Lipinski definition) is 3. The fraction of sp³-hybridized carbons (Fsp3) is 0. The summed E-state index contributed by atoms with van der Waals surface area (Å²) in [5.41, 5.74) is 0.688. The number of phenolic OH excluding ortho intramolecular Hbond substituents is 1. The average Bonchev–Trinajstić information content (AvgIpc) is 2.37. The summed E-state index contributed by atoms with van der Waals surface area (Å²) in [6.45, 7) is 0. The number of rotatable bonds is 3. The Morgan fingerprint density at radius 2 is 1.63 bits per heavy atom. The maximum absolute atomic E-state index is 11.4. The van der Waals surface area contributed by atoms with Crippen LogP contribution >= 0.6 is 0 Å². The van der Waals surface area contributed by atoms with Crippen LogP contribution < -0.4 is 4.35 Å². The van der Waals surface area contributed by atoms with Crippen LogP contribution in [0.25, 0.3) is 0 Å². The Hall–Kier alpha value is -1.81. The summed E-state index contributed by atoms with van der Waals surface area (Å²) < 4.78 is 29.8. The van der Waals surface area contributed by atoms with E-state index in [2.05, 4.69) is 4.99 Å². The zero-order valence-electron chi connectivity index (χ0n) is 9.84. The molecule has 19 heavy (non-hydrogen) atoms. The van der Waals surface area contributed by atoms with E-state index in [1.165, 1.54) is 24.4 Å². The Morgan fingerprint density at radius 3 is 2.32 bits per heavy atom. The molecule has 6 heteroatoms. The molecule has 0 spiro atoms. The second-order valence-electron chi connectivity index (χ2n) is 3.85. The van der Waals surface area contributed by atoms with E-state index in [0.717, 1.165) is 0 Å². The standard InChI is InChI=1S/C13H12AsNO4/c16-13-8-4-1-5-10(13)9-15-12-7-3-2-6-11(12)14(17,18)19/h1-9,16H,(H2,17,18,19). The van der Waals surface area contributed by atoms with E-state index in [1.807, 2.05) is 0 Å². The van der Waals surface area contributed by atoms with Crippen molar-refractivity contribution in [3.63, 3.8) is 0 Å². The summed E-state index contributed by atoms with van der Waals surface area (Å²) in [4.78, 5) is 4.04. The quantitative estimate of drug-likeness (QED) is 0.573. The van der Waals surface area contributed by atoms with Crippen molar-refractivity contribution in [3.8, 4) is 5.75 Å². The first-order valence-electron chi connectivity index (χ1n) is 5.45. The van der Waals surface area contributed by atoms with Crippen molar-refractivity contribution in [2.45, 2.75) is 0 Å². The summed E-state index contributed by atoms with van der Waals surface area (Å²) in [5.74, 6) is 0.0604. The van der Waals surface area contributed by atoms with Crippen molar-refractivity contribution in [2.24, 2.45) is 4.99 Å². The van der Waals surface area contributed by atoms with E-state index in [-0.39, 0.29) is 15.8 Å². The molecule has 0 aromatic heterocycles. The van der Waals surface area contributed by atoms with Crippen molar-refractivity contribution >= 4 is 30.4 Å². The minimum atomic E-state index is -5.00. The molecular weight excluding hydrogens is 309 g/mol. The van der Waals surface area contributed by atoms with E-state index < -0.39 is 14.2 Å². The van der Waals surface area contributed by atoms with Gasteiger partial charge >= 0.3 is 112 Å². The zero-order valence-corrected chi connectivity index (χ0v) is 11.7. The van der Waals surface area contributed by atoms with Gasteiger partial charge in [-0.3, -0.25) is 0 Å². The van der Waals surface area contributed by atoms with Gasteiger partial charge in [0.2, 0.25) is 0 Å². The number of para-hydroxylation sites is 2. The normalized spacial score (nSPS) is 11.9. The molecule has 0 aliphatic carbocycles. The van der Waals surface area contributed by atoms with E-state index in [4.69, 9.17) is 0 Å². The first-order chi connectivity index (χ1) is 8.98. The molecule has 98 valence electrons. The number of nitrogens with zero attached hydrogens (tertiary/aromatic N) is 1. The van der Waals surface area contributed by atoms with Gasteiger partial charge in [-0.2, -0.15) is 0 Å². The van der Waals surface area contributed by atoms with Gasteiger partial charge in [0.25, 0.3) is 0 Å². The molecule has 2 rings (SSSR count). The second-order valence-corrected chi connectivity index (χ2v) is 7.14. The Morgan fingerprint density at radius 1 is 1.00 bits per heavy atom. The van der Waals surface area contributed by atoms with Gasteiger partial charge in [0.15, 0.2) is 0 Å². The van der Waals surface area contributed by atoms with Gasteiger partial charge < -0.3 is 0 Å². The molecule has 0 bridgehead atoms. The molecule has 5 nitrogen and oxygen atoms in total. The molecule has 0 amide bonds. The van der Waals surface area contributed by atoms with Crippen molar-refractivity contribution in [1.82, 2.24) is 0 Å². The number of hydrogen-bond acceptors (Lipinski definition) is 3. The van der Waals surface area contributed by atoms with Crippen LogP contribution in [0.15, 0.2) is 53.5 Å². The average molecular weight is 321 g/mol. The third kappa shape index (κ3) is 3.35. The van der Waals surface area contributed by atoms with Crippen molar-refractivity contribution in [2.75, 3.05) is 0 Å². The predicted molar refractivity (Wildman–Crippen MR) is 72.3 cm³/mol. The van der Waals surface area contributed by atoms with Crippen molar-refractivity contribution in [3.05, 3.63) is 54.1 Å². The molecule has 0 atom stereocenters. The first-order valence-corrected chi connectivity index (χ1v) is 8.84. The molecule has 0 heterocycles. The number of aliphatic imine (C=N–C) groups is 1. The predicted octanol–water partition coefficient (Wildman–Crippen LogP) is 0.704. The molecular formula is C13H12AsNO4. The van der Waals surface area contributed by atoms with Gasteiger partial charge in [-0.25, -0.2) is 0 Å². The van der Waals surface area contributed by atoms with Gasteiger partial charge in [-0.1, -0.05) is 0 Å². The van der Waals surface area contributed by atoms with Crippen LogP contribution in [0.4, 0.5) is 5.69 Å². The van der Waals surface area contributed by atoms with E-state index in [1.54, 1.807) is 30.3 Å². The van der Waals surface area contributed by atoms with Gasteiger partial charge in [0.05, 0.1) is 0 Å². The first kappa shape index (κ1) is 13.6. The van der Waals surface area contributed by atoms with Gasteiger partial charge in [-0.15, -0.1) is 0 Å². The van der Waals surface area contributed by atoms with Gasteiger partial charge in [0.1, 0.15) is 0 Å². The Labute approximate surface area is 112 Å². The van der Waals surface area contributed by atoms with Crippen molar-refractivity contribution in [1.29, 1.82) is 0 Å². The van der Waals surface area contributed by atoms with Crippen molar-refractivity contribution < 1.29 is 17.0 Å². The third-order valence-electron chi connectivity index (χ3n) is 2.48. The summed E-state index contributed by atoms with van der Waals surface area (Å²) in [7, 11) is 0.